The third-order valence-corrected chi connectivity index (χ3v) is 4.55. The first-order chi connectivity index (χ1) is 11.1. The van der Waals surface area contributed by atoms with Gasteiger partial charge in [0.25, 0.3) is 5.01 Å². The Balaban J connectivity index is 0.00000288. The molecule has 1 aromatic carbocycles. The molecule has 0 aliphatic carbocycles. The second kappa shape index (κ2) is 9.59. The van der Waals surface area contributed by atoms with E-state index in [0.717, 1.165) is 34.4 Å². The summed E-state index contributed by atoms with van der Waals surface area (Å²) in [5.74, 6) is 0.294. The first-order valence-corrected chi connectivity index (χ1v) is 8.65. The van der Waals surface area contributed by atoms with Crippen LogP contribution in [0.3, 0.4) is 0 Å². The molecule has 0 bridgehead atoms. The third-order valence-electron chi connectivity index (χ3n) is 3.62. The second-order valence-corrected chi connectivity index (χ2v) is 6.39. The van der Waals surface area contributed by atoms with Crippen LogP contribution < -0.4 is 26.6 Å². The number of anilines is 1. The number of phenols is 1. The van der Waals surface area contributed by atoms with Crippen molar-refractivity contribution in [3.05, 3.63) is 46.4 Å². The van der Waals surface area contributed by atoms with Gasteiger partial charge in [-0.2, -0.15) is 0 Å². The van der Waals surface area contributed by atoms with E-state index in [4.69, 9.17) is 0 Å². The maximum absolute atomic E-state index is 10.3. The topological polar surface area (TPSA) is 40.2 Å². The summed E-state index contributed by atoms with van der Waals surface area (Å²) in [4.78, 5) is 2.21. The van der Waals surface area contributed by atoms with Gasteiger partial charge in [0.2, 0.25) is 0 Å². The van der Waals surface area contributed by atoms with Gasteiger partial charge < -0.3 is 27.0 Å². The number of allylic oxidation sites excluding steroid dienone is 1. The molecule has 0 radical (unpaired) electrons. The minimum absolute atomic E-state index is 0. The highest BCUT2D eigenvalue weighted by Crippen LogP contribution is 2.26. The molecule has 0 saturated heterocycles. The Hall–Kier alpha value is -1.66. The minimum atomic E-state index is 0. The van der Waals surface area contributed by atoms with Gasteiger partial charge in [-0.05, 0) is 56.4 Å². The van der Waals surface area contributed by atoms with E-state index in [0.29, 0.717) is 12.3 Å². The smallest absolute Gasteiger partial charge is 0.289 e. The van der Waals surface area contributed by atoms with Crippen LogP contribution in [0.1, 0.15) is 29.4 Å². The molecule has 0 aliphatic heterocycles. The van der Waals surface area contributed by atoms with Gasteiger partial charge >= 0.3 is 0 Å². The van der Waals surface area contributed by atoms with Gasteiger partial charge in [-0.1, -0.05) is 11.3 Å². The summed E-state index contributed by atoms with van der Waals surface area (Å²) in [6, 6.07) is 5.82. The van der Waals surface area contributed by atoms with Crippen LogP contribution in [0.25, 0.3) is 12.2 Å². The largest absolute Gasteiger partial charge is 1.00 e. The van der Waals surface area contributed by atoms with E-state index in [-0.39, 0.29) is 17.0 Å². The summed E-state index contributed by atoms with van der Waals surface area (Å²) in [6.45, 7) is 12.5. The lowest BCUT2D eigenvalue weighted by Crippen LogP contribution is -3.00. The fourth-order valence-corrected chi connectivity index (χ4v) is 3.24. The Morgan fingerprint density at radius 3 is 2.58 bits per heavy atom. The van der Waals surface area contributed by atoms with E-state index in [1.807, 2.05) is 48.0 Å². The van der Waals surface area contributed by atoms with Gasteiger partial charge in [-0.3, -0.25) is 0 Å². The van der Waals surface area contributed by atoms with Crippen LogP contribution in [0, 0.1) is 6.92 Å². The second-order valence-electron chi connectivity index (χ2n) is 5.18. The van der Waals surface area contributed by atoms with Crippen LogP contribution in [0.4, 0.5) is 5.69 Å². The molecule has 2 aromatic rings. The zero-order valence-corrected chi connectivity index (χ0v) is 16.8. The highest BCUT2D eigenvalue weighted by molar-refractivity contribution is 7.11. The molecular formula is C18H24BrN3OS. The van der Waals surface area contributed by atoms with Crippen molar-refractivity contribution >= 4 is 29.2 Å². The highest BCUT2D eigenvalue weighted by atomic mass is 79.9. The van der Waals surface area contributed by atoms with Crippen LogP contribution in [-0.4, -0.2) is 23.3 Å². The zero-order chi connectivity index (χ0) is 16.8. The van der Waals surface area contributed by atoms with Crippen molar-refractivity contribution in [1.29, 1.82) is 0 Å². The lowest BCUT2D eigenvalue weighted by molar-refractivity contribution is -0.741. The zero-order valence-electron chi connectivity index (χ0n) is 14.4. The number of benzene rings is 1. The molecule has 0 atom stereocenters. The number of hydrogen-bond donors (Lipinski definition) is 1. The number of aromatic nitrogens is 2. The number of aromatic hydroxyl groups is 1. The van der Waals surface area contributed by atoms with E-state index in [1.54, 1.807) is 11.3 Å². The van der Waals surface area contributed by atoms with E-state index in [1.165, 1.54) is 0 Å². The van der Waals surface area contributed by atoms with Gasteiger partial charge in [0.1, 0.15) is 5.75 Å². The van der Waals surface area contributed by atoms with Gasteiger partial charge in [0.15, 0.2) is 11.6 Å². The Morgan fingerprint density at radius 1 is 1.29 bits per heavy atom. The Bertz CT molecular complexity index is 708. The molecule has 1 aromatic heterocycles. The molecule has 0 fully saturated rings. The van der Waals surface area contributed by atoms with Crippen molar-refractivity contribution in [3.63, 3.8) is 0 Å². The van der Waals surface area contributed by atoms with Crippen LogP contribution in [0.2, 0.25) is 0 Å². The summed E-state index contributed by atoms with van der Waals surface area (Å²) in [5.41, 5.74) is 1.84. The number of halogens is 1. The minimum Gasteiger partial charge on any atom is -1.00 e. The van der Waals surface area contributed by atoms with Crippen LogP contribution in [-0.2, 0) is 6.54 Å². The maximum Gasteiger partial charge on any atom is 0.289 e. The summed E-state index contributed by atoms with van der Waals surface area (Å²) in [6.07, 6.45) is 5.74. The van der Waals surface area contributed by atoms with Crippen LogP contribution >= 0.6 is 11.3 Å². The first kappa shape index (κ1) is 20.4. The highest BCUT2D eigenvalue weighted by Gasteiger charge is 2.13. The lowest BCUT2D eigenvalue weighted by Gasteiger charge is -2.21. The number of nitrogens with zero attached hydrogens (tertiary/aromatic N) is 3. The number of hydrogen-bond acceptors (Lipinski definition) is 4. The third kappa shape index (κ3) is 4.92. The van der Waals surface area contributed by atoms with Crippen molar-refractivity contribution < 1.29 is 26.8 Å². The predicted octanol–water partition coefficient (Wildman–Crippen LogP) is 0.651. The van der Waals surface area contributed by atoms with Crippen molar-refractivity contribution in [2.24, 2.45) is 0 Å². The van der Waals surface area contributed by atoms with Gasteiger partial charge in [-0.15, -0.1) is 0 Å². The van der Waals surface area contributed by atoms with Gasteiger partial charge in [0.05, 0.1) is 0 Å². The molecule has 6 heteroatoms. The summed E-state index contributed by atoms with van der Waals surface area (Å²) < 4.78 is 1.91. The molecule has 1 heterocycles. The molecule has 2 rings (SSSR count). The average molecular weight is 410 g/mol. The molecule has 24 heavy (non-hydrogen) atoms. The first-order valence-electron chi connectivity index (χ1n) is 7.83. The molecule has 0 amide bonds. The monoisotopic (exact) mass is 409 g/mol. The Morgan fingerprint density at radius 2 is 2.00 bits per heavy atom. The van der Waals surface area contributed by atoms with Crippen molar-refractivity contribution in [1.82, 2.24) is 5.10 Å². The van der Waals surface area contributed by atoms with Crippen LogP contribution in [0.15, 0.2) is 30.9 Å². The number of aryl methyl sites for hydroxylation is 1. The quantitative estimate of drug-likeness (QED) is 0.539. The maximum atomic E-state index is 10.3. The fraction of sp³-hybridized carbons (Fsp3) is 0.333. The van der Waals surface area contributed by atoms with Crippen molar-refractivity contribution in [3.8, 4) is 5.75 Å². The van der Waals surface area contributed by atoms with E-state index in [2.05, 4.69) is 30.4 Å². The number of phenolic OH excluding ortho intramolecular Hbond substituents is 1. The predicted molar refractivity (Wildman–Crippen MR) is 97.8 cm³/mol. The van der Waals surface area contributed by atoms with Gasteiger partial charge in [0, 0.05) is 41.6 Å². The molecular weight excluding hydrogens is 386 g/mol. The molecule has 4 nitrogen and oxygen atoms in total. The summed E-state index contributed by atoms with van der Waals surface area (Å²) >= 11 is 1.62. The molecule has 0 spiro atoms. The van der Waals surface area contributed by atoms with Gasteiger partial charge in [-0.25, -0.2) is 0 Å². The lowest BCUT2D eigenvalue weighted by atomic mass is 10.1. The standard InChI is InChI=1S/C18H23N3OS.BrH/c1-5-12-21-18(23-14(4)19-21)11-9-15-8-10-16(13-17(15)22)20(6-2)7-3;/h5,8-11,13H,1,6-7,12H2,2-4H3;1H. The van der Waals surface area contributed by atoms with E-state index >= 15 is 0 Å². The average Bonchev–Trinajstić information content (AvgIpc) is 2.88. The normalized spacial score (nSPS) is 10.6. The SMILES string of the molecule is C=CC[n+]1nc(C)sc1/C=C/c1ccc(N(CC)CC)cc1O.[Br-]. The van der Waals surface area contributed by atoms with Crippen molar-refractivity contribution in [2.45, 2.75) is 27.3 Å². The molecule has 1 N–H and O–H groups in total. The molecule has 0 aliphatic rings. The molecule has 0 saturated carbocycles. The van der Waals surface area contributed by atoms with Crippen molar-refractivity contribution in [2.75, 3.05) is 18.0 Å². The van der Waals surface area contributed by atoms with E-state index in [9.17, 15) is 5.11 Å². The van der Waals surface area contributed by atoms with Crippen LogP contribution in [0.5, 0.6) is 5.75 Å². The summed E-state index contributed by atoms with van der Waals surface area (Å²) in [7, 11) is 0. The fourth-order valence-electron chi connectivity index (χ4n) is 2.44. The van der Waals surface area contributed by atoms with E-state index < -0.39 is 0 Å². The number of rotatable bonds is 7. The summed E-state index contributed by atoms with van der Waals surface area (Å²) in [5, 5.41) is 16.8. The Labute approximate surface area is 158 Å². The Kier molecular flexibility index (Phi) is 8.15. The molecule has 130 valence electrons. The molecule has 0 unspecified atom stereocenters.